The fourth-order valence-corrected chi connectivity index (χ4v) is 9.10. The van der Waals surface area contributed by atoms with E-state index < -0.39 is 33.4 Å². The molecule has 3 saturated heterocycles. The van der Waals surface area contributed by atoms with E-state index in [0.717, 1.165) is 0 Å². The number of carbonyl (C=O) groups is 3. The molecule has 0 saturated carbocycles. The van der Waals surface area contributed by atoms with Crippen LogP contribution in [0, 0.1) is 11.8 Å². The highest BCUT2D eigenvalue weighted by molar-refractivity contribution is 8.02. The molecule has 6 atom stereocenters. The number of thioether (sulfide) groups is 1. The zero-order valence-corrected chi connectivity index (χ0v) is 23.8. The lowest BCUT2D eigenvalue weighted by molar-refractivity contribution is -0.141. The monoisotopic (exact) mass is 571 g/mol. The summed E-state index contributed by atoms with van der Waals surface area (Å²) in [5, 5.41) is 16.7. The molecule has 3 aliphatic rings. The van der Waals surface area contributed by atoms with Gasteiger partial charge in [0.25, 0.3) is 0 Å². The number of nitrogens with one attached hydrogen (secondary N) is 2. The number of aliphatic hydroxyl groups excluding tert-OH is 1. The van der Waals surface area contributed by atoms with E-state index in [4.69, 9.17) is 16.3 Å². The number of anilines is 2. The van der Waals surface area contributed by atoms with Crippen LogP contribution in [-0.4, -0.2) is 62.5 Å². The van der Waals surface area contributed by atoms with Gasteiger partial charge in [-0.3, -0.25) is 14.4 Å². The van der Waals surface area contributed by atoms with Crippen molar-refractivity contribution < 1.29 is 24.2 Å². The average molecular weight is 572 g/mol. The third-order valence-electron chi connectivity index (χ3n) is 8.37. The van der Waals surface area contributed by atoms with E-state index in [1.165, 1.54) is 0 Å². The normalized spacial score (nSPS) is 29.7. The second-order valence-electron chi connectivity index (χ2n) is 10.7. The molecule has 3 N–H and O–H groups in total. The minimum atomic E-state index is -0.821. The second kappa shape index (κ2) is 10.7. The standard InChI is InChI=1S/C29H34ClN3O5S/c1-4-20(16-34)33-24(26(36)32-18-8-6-17(30)7-9-18)29-15-14-28(3,39-29)22(23(29)27(33)37)25(35)31-19-10-12-21(13-11-19)38-5-2/h6-13,20,22-24,34H,4-5,14-16H2,1-3H3,(H,31,35)(H,32,36)/t20-,22-,23-,24?,28+,29?/m0/s1. The highest BCUT2D eigenvalue weighted by Crippen LogP contribution is 2.71. The Labute approximate surface area is 237 Å². The van der Waals surface area contributed by atoms with E-state index in [9.17, 15) is 19.5 Å². The maximum atomic E-state index is 14.2. The third kappa shape index (κ3) is 4.68. The number of rotatable bonds is 9. The predicted octanol–water partition coefficient (Wildman–Crippen LogP) is 4.57. The van der Waals surface area contributed by atoms with Gasteiger partial charge in [-0.05, 0) is 81.6 Å². The smallest absolute Gasteiger partial charge is 0.248 e. The van der Waals surface area contributed by atoms with Gasteiger partial charge in [0.15, 0.2) is 0 Å². The highest BCUT2D eigenvalue weighted by Gasteiger charge is 2.77. The summed E-state index contributed by atoms with van der Waals surface area (Å²) in [4.78, 5) is 43.5. The van der Waals surface area contributed by atoms with Crippen molar-refractivity contribution in [1.82, 2.24) is 4.90 Å². The SMILES string of the molecule is CCOc1ccc(NC(=O)[C@@H]2[C@H]3C(=O)N([C@@H](CC)CO)C(C(=O)Nc4ccc(Cl)cc4)C34CC[C@@]2(C)S4)cc1. The number of hydrogen-bond acceptors (Lipinski definition) is 6. The Bertz CT molecular complexity index is 1250. The van der Waals surface area contributed by atoms with Crippen LogP contribution < -0.4 is 15.4 Å². The Morgan fingerprint density at radius 2 is 1.69 bits per heavy atom. The Kier molecular flexibility index (Phi) is 7.61. The first-order chi connectivity index (χ1) is 18.7. The molecular weight excluding hydrogens is 538 g/mol. The van der Waals surface area contributed by atoms with Crippen LogP contribution in [0.5, 0.6) is 5.75 Å². The number of carbonyl (C=O) groups excluding carboxylic acids is 3. The lowest BCUT2D eigenvalue weighted by Gasteiger charge is -2.36. The van der Waals surface area contributed by atoms with Crippen molar-refractivity contribution in [2.24, 2.45) is 11.8 Å². The minimum absolute atomic E-state index is 0.232. The Morgan fingerprint density at radius 1 is 1.08 bits per heavy atom. The molecule has 39 heavy (non-hydrogen) atoms. The number of ether oxygens (including phenoxy) is 1. The fraction of sp³-hybridized carbons (Fsp3) is 0.483. The minimum Gasteiger partial charge on any atom is -0.494 e. The summed E-state index contributed by atoms with van der Waals surface area (Å²) in [5.41, 5.74) is 1.19. The Morgan fingerprint density at radius 3 is 2.28 bits per heavy atom. The second-order valence-corrected chi connectivity index (χ2v) is 13.0. The van der Waals surface area contributed by atoms with Crippen LogP contribution >= 0.6 is 23.4 Å². The van der Waals surface area contributed by atoms with Gasteiger partial charge in [-0.15, -0.1) is 11.8 Å². The molecule has 5 rings (SSSR count). The van der Waals surface area contributed by atoms with Gasteiger partial charge in [0, 0.05) is 21.1 Å². The highest BCUT2D eigenvalue weighted by atomic mass is 35.5. The lowest BCUT2D eigenvalue weighted by atomic mass is 9.66. The van der Waals surface area contributed by atoms with Gasteiger partial charge < -0.3 is 25.4 Å². The van der Waals surface area contributed by atoms with E-state index >= 15 is 0 Å². The zero-order valence-electron chi connectivity index (χ0n) is 22.3. The molecule has 3 fully saturated rings. The van der Waals surface area contributed by atoms with Gasteiger partial charge in [0.2, 0.25) is 17.7 Å². The topological polar surface area (TPSA) is 108 Å². The van der Waals surface area contributed by atoms with Crippen molar-refractivity contribution in [3.63, 3.8) is 0 Å². The molecule has 0 radical (unpaired) electrons. The van der Waals surface area contributed by atoms with Crippen LogP contribution in [0.25, 0.3) is 0 Å². The first-order valence-electron chi connectivity index (χ1n) is 13.4. The summed E-state index contributed by atoms with van der Waals surface area (Å²) in [6.07, 6.45) is 1.83. The molecule has 3 heterocycles. The van der Waals surface area contributed by atoms with Crippen molar-refractivity contribution in [3.05, 3.63) is 53.6 Å². The van der Waals surface area contributed by atoms with Gasteiger partial charge in [-0.2, -0.15) is 0 Å². The van der Waals surface area contributed by atoms with Crippen molar-refractivity contribution in [2.45, 2.75) is 61.6 Å². The number of likely N-dealkylation sites (tertiary alicyclic amines) is 1. The molecule has 2 unspecified atom stereocenters. The van der Waals surface area contributed by atoms with Crippen LogP contribution in [0.3, 0.4) is 0 Å². The Balaban J connectivity index is 1.48. The van der Waals surface area contributed by atoms with Crippen LogP contribution in [0.15, 0.2) is 48.5 Å². The largest absolute Gasteiger partial charge is 0.494 e. The summed E-state index contributed by atoms with van der Waals surface area (Å²) >= 11 is 7.62. The molecule has 3 aliphatic heterocycles. The van der Waals surface area contributed by atoms with E-state index in [0.29, 0.717) is 48.0 Å². The number of benzene rings is 2. The van der Waals surface area contributed by atoms with Crippen molar-refractivity contribution in [1.29, 1.82) is 0 Å². The number of halogens is 1. The van der Waals surface area contributed by atoms with Crippen LogP contribution in [0.2, 0.25) is 5.02 Å². The Hall–Kier alpha value is -2.75. The number of nitrogens with zero attached hydrogens (tertiary/aromatic N) is 1. The summed E-state index contributed by atoms with van der Waals surface area (Å²) in [7, 11) is 0. The predicted molar refractivity (Wildman–Crippen MR) is 153 cm³/mol. The summed E-state index contributed by atoms with van der Waals surface area (Å²) < 4.78 is 4.23. The van der Waals surface area contributed by atoms with Crippen LogP contribution in [-0.2, 0) is 14.4 Å². The molecule has 0 aromatic heterocycles. The first kappa shape index (κ1) is 27.8. The van der Waals surface area contributed by atoms with Gasteiger partial charge in [0.1, 0.15) is 11.8 Å². The zero-order chi connectivity index (χ0) is 27.9. The molecule has 8 nitrogen and oxygen atoms in total. The maximum Gasteiger partial charge on any atom is 0.248 e. The number of hydrogen-bond donors (Lipinski definition) is 3. The molecule has 208 valence electrons. The first-order valence-corrected chi connectivity index (χ1v) is 14.6. The molecule has 10 heteroatoms. The van der Waals surface area contributed by atoms with Crippen molar-refractivity contribution in [3.8, 4) is 5.75 Å². The van der Waals surface area contributed by atoms with Crippen LogP contribution in [0.1, 0.15) is 40.0 Å². The summed E-state index contributed by atoms with van der Waals surface area (Å²) in [6.45, 7) is 6.11. The summed E-state index contributed by atoms with van der Waals surface area (Å²) in [5.74, 6) is -1.38. The molecule has 1 spiro atoms. The van der Waals surface area contributed by atoms with Gasteiger partial charge >= 0.3 is 0 Å². The van der Waals surface area contributed by atoms with Gasteiger partial charge in [-0.25, -0.2) is 0 Å². The molecule has 0 aliphatic carbocycles. The van der Waals surface area contributed by atoms with E-state index in [1.54, 1.807) is 65.2 Å². The van der Waals surface area contributed by atoms with E-state index in [2.05, 4.69) is 10.6 Å². The van der Waals surface area contributed by atoms with Gasteiger partial charge in [0.05, 0.1) is 35.8 Å². The molecule has 2 bridgehead atoms. The van der Waals surface area contributed by atoms with Crippen molar-refractivity contribution >= 4 is 52.5 Å². The average Bonchev–Trinajstić information content (AvgIpc) is 3.48. The molecule has 2 aromatic rings. The maximum absolute atomic E-state index is 14.2. The van der Waals surface area contributed by atoms with E-state index in [1.807, 2.05) is 20.8 Å². The lowest BCUT2D eigenvalue weighted by Crippen LogP contribution is -2.54. The van der Waals surface area contributed by atoms with E-state index in [-0.39, 0.29) is 24.3 Å². The summed E-state index contributed by atoms with van der Waals surface area (Å²) in [6, 6.07) is 12.6. The number of fused-ring (bicyclic) bond motifs is 1. The van der Waals surface area contributed by atoms with Crippen molar-refractivity contribution in [2.75, 3.05) is 23.8 Å². The van der Waals surface area contributed by atoms with Gasteiger partial charge in [-0.1, -0.05) is 18.5 Å². The third-order valence-corrected chi connectivity index (χ3v) is 10.6. The molecular formula is C29H34ClN3O5S. The van der Waals surface area contributed by atoms with Crippen LogP contribution in [0.4, 0.5) is 11.4 Å². The molecule has 2 aromatic carbocycles. The molecule has 3 amide bonds. The number of aliphatic hydroxyl groups is 1. The quantitative estimate of drug-likeness (QED) is 0.407. The number of amides is 3. The fourth-order valence-electron chi connectivity index (χ4n) is 6.64.